The van der Waals surface area contributed by atoms with Crippen molar-refractivity contribution in [2.75, 3.05) is 13.2 Å². The number of nitrogens with zero attached hydrogens (tertiary/aromatic N) is 1. The molecule has 3 rings (SSSR count). The van der Waals surface area contributed by atoms with E-state index in [9.17, 15) is 4.79 Å². The fourth-order valence-corrected chi connectivity index (χ4v) is 2.56. The van der Waals surface area contributed by atoms with Crippen molar-refractivity contribution >= 4 is 16.9 Å². The molecule has 0 N–H and O–H groups in total. The molecule has 4 nitrogen and oxygen atoms in total. The van der Waals surface area contributed by atoms with Gasteiger partial charge in [0.05, 0.1) is 13.1 Å². The van der Waals surface area contributed by atoms with E-state index in [4.69, 9.17) is 9.47 Å². The molecule has 1 aliphatic rings. The molecule has 1 amide bonds. The van der Waals surface area contributed by atoms with Gasteiger partial charge in [-0.3, -0.25) is 0 Å². The molecule has 0 aliphatic carbocycles. The van der Waals surface area contributed by atoms with Crippen LogP contribution in [0, 0.1) is 0 Å². The third kappa shape index (κ3) is 3.16. The molecule has 0 saturated heterocycles. The average molecular weight is 299 g/mol. The van der Waals surface area contributed by atoms with Crippen LogP contribution in [0.4, 0.5) is 4.79 Å². The number of carbonyl (C=O) groups excluding carboxylic acids is 1. The minimum atomic E-state index is -0.490. The first-order valence-electron chi connectivity index (χ1n) is 7.55. The fourth-order valence-electron chi connectivity index (χ4n) is 2.56. The zero-order valence-corrected chi connectivity index (χ0v) is 13.3. The number of benzene rings is 2. The van der Waals surface area contributed by atoms with Gasteiger partial charge in [0.1, 0.15) is 18.0 Å². The van der Waals surface area contributed by atoms with E-state index in [1.165, 1.54) is 0 Å². The van der Waals surface area contributed by atoms with E-state index in [0.29, 0.717) is 19.7 Å². The molecule has 4 heteroatoms. The van der Waals surface area contributed by atoms with Crippen LogP contribution >= 0.6 is 0 Å². The van der Waals surface area contributed by atoms with Gasteiger partial charge in [0, 0.05) is 5.56 Å². The van der Waals surface area contributed by atoms with E-state index in [-0.39, 0.29) is 6.09 Å². The Morgan fingerprint density at radius 3 is 2.55 bits per heavy atom. The number of hydrogen-bond acceptors (Lipinski definition) is 3. The van der Waals surface area contributed by atoms with Crippen LogP contribution in [-0.2, 0) is 11.3 Å². The Labute approximate surface area is 130 Å². The van der Waals surface area contributed by atoms with Gasteiger partial charge in [-0.15, -0.1) is 0 Å². The standard InChI is InChI=1S/C18H21NO3/c1-18(2,3)22-17(20)19-8-9-21-16-11-14-7-5-4-6-13(14)10-15(16)12-19/h4-7,10-11H,8-9,12H2,1-3H3. The molecule has 116 valence electrons. The molecule has 0 bridgehead atoms. The summed E-state index contributed by atoms with van der Waals surface area (Å²) in [5.74, 6) is 0.852. The van der Waals surface area contributed by atoms with Crippen molar-refractivity contribution in [1.29, 1.82) is 0 Å². The van der Waals surface area contributed by atoms with Gasteiger partial charge in [0.2, 0.25) is 0 Å². The van der Waals surface area contributed by atoms with Gasteiger partial charge in [0.15, 0.2) is 0 Å². The topological polar surface area (TPSA) is 38.8 Å². The molecule has 0 atom stereocenters. The zero-order valence-electron chi connectivity index (χ0n) is 13.3. The second kappa shape index (κ2) is 5.52. The third-order valence-corrected chi connectivity index (χ3v) is 3.56. The number of amides is 1. The first kappa shape index (κ1) is 14.7. The van der Waals surface area contributed by atoms with Crippen LogP contribution in [0.3, 0.4) is 0 Å². The summed E-state index contributed by atoms with van der Waals surface area (Å²) in [4.78, 5) is 14.0. The van der Waals surface area contributed by atoms with Crippen molar-refractivity contribution in [3.8, 4) is 5.75 Å². The quantitative estimate of drug-likeness (QED) is 0.739. The Kier molecular flexibility index (Phi) is 3.69. The Balaban J connectivity index is 1.89. The first-order valence-corrected chi connectivity index (χ1v) is 7.55. The van der Waals surface area contributed by atoms with Crippen LogP contribution in [0.1, 0.15) is 26.3 Å². The highest BCUT2D eigenvalue weighted by atomic mass is 16.6. The van der Waals surface area contributed by atoms with Gasteiger partial charge >= 0.3 is 6.09 Å². The summed E-state index contributed by atoms with van der Waals surface area (Å²) in [6.45, 7) is 7.14. The maximum absolute atomic E-state index is 12.3. The Hall–Kier alpha value is -2.23. The molecular formula is C18H21NO3. The monoisotopic (exact) mass is 299 g/mol. The van der Waals surface area contributed by atoms with Crippen molar-refractivity contribution in [2.45, 2.75) is 32.9 Å². The summed E-state index contributed by atoms with van der Waals surface area (Å²) in [5, 5.41) is 2.29. The maximum Gasteiger partial charge on any atom is 0.410 e. The summed E-state index contributed by atoms with van der Waals surface area (Å²) < 4.78 is 11.3. The zero-order chi connectivity index (χ0) is 15.7. The van der Waals surface area contributed by atoms with Gasteiger partial charge in [-0.2, -0.15) is 0 Å². The molecule has 0 radical (unpaired) electrons. The predicted molar refractivity (Wildman–Crippen MR) is 86.1 cm³/mol. The highest BCUT2D eigenvalue weighted by molar-refractivity contribution is 5.85. The summed E-state index contributed by atoms with van der Waals surface area (Å²) >= 11 is 0. The first-order chi connectivity index (χ1) is 10.4. The molecule has 22 heavy (non-hydrogen) atoms. The summed E-state index contributed by atoms with van der Waals surface area (Å²) in [5.41, 5.74) is 0.526. The molecular weight excluding hydrogens is 278 g/mol. The minimum Gasteiger partial charge on any atom is -0.491 e. The number of hydrogen-bond donors (Lipinski definition) is 0. The van der Waals surface area contributed by atoms with E-state index < -0.39 is 5.60 Å². The lowest BCUT2D eigenvalue weighted by atomic mass is 10.1. The van der Waals surface area contributed by atoms with Gasteiger partial charge in [0.25, 0.3) is 0 Å². The number of fused-ring (bicyclic) bond motifs is 2. The Morgan fingerprint density at radius 1 is 1.18 bits per heavy atom. The van der Waals surface area contributed by atoms with Crippen molar-refractivity contribution in [3.05, 3.63) is 42.0 Å². The van der Waals surface area contributed by atoms with E-state index in [1.807, 2.05) is 39.0 Å². The average Bonchev–Trinajstić information content (AvgIpc) is 2.64. The minimum absolute atomic E-state index is 0.294. The number of rotatable bonds is 0. The van der Waals surface area contributed by atoms with E-state index in [2.05, 4.69) is 18.2 Å². The molecule has 0 saturated carbocycles. The molecule has 0 spiro atoms. The Morgan fingerprint density at radius 2 is 1.86 bits per heavy atom. The molecule has 0 fully saturated rings. The molecule has 1 heterocycles. The second-order valence-corrected chi connectivity index (χ2v) is 6.56. The van der Waals surface area contributed by atoms with Gasteiger partial charge in [-0.25, -0.2) is 4.79 Å². The molecule has 2 aromatic rings. The SMILES string of the molecule is CC(C)(C)OC(=O)N1CCOc2cc3ccccc3cc2C1. The highest BCUT2D eigenvalue weighted by Gasteiger charge is 2.25. The van der Waals surface area contributed by atoms with Gasteiger partial charge in [-0.05, 0) is 43.7 Å². The van der Waals surface area contributed by atoms with E-state index in [1.54, 1.807) is 4.90 Å². The maximum atomic E-state index is 12.3. The van der Waals surface area contributed by atoms with Crippen LogP contribution in [0.15, 0.2) is 36.4 Å². The van der Waals surface area contributed by atoms with Crippen LogP contribution in [0.5, 0.6) is 5.75 Å². The van der Waals surface area contributed by atoms with Crippen LogP contribution in [0.25, 0.3) is 10.8 Å². The smallest absolute Gasteiger partial charge is 0.410 e. The summed E-state index contributed by atoms with van der Waals surface area (Å²) in [7, 11) is 0. The lowest BCUT2D eigenvalue weighted by Crippen LogP contribution is -2.37. The van der Waals surface area contributed by atoms with Crippen LogP contribution in [-0.4, -0.2) is 29.7 Å². The summed E-state index contributed by atoms with van der Waals surface area (Å²) in [6.07, 6.45) is -0.294. The van der Waals surface area contributed by atoms with Gasteiger partial charge in [-0.1, -0.05) is 24.3 Å². The van der Waals surface area contributed by atoms with Crippen molar-refractivity contribution in [3.63, 3.8) is 0 Å². The van der Waals surface area contributed by atoms with Crippen LogP contribution in [0.2, 0.25) is 0 Å². The highest BCUT2D eigenvalue weighted by Crippen LogP contribution is 2.29. The lowest BCUT2D eigenvalue weighted by Gasteiger charge is -2.26. The lowest BCUT2D eigenvalue weighted by molar-refractivity contribution is 0.0225. The predicted octanol–water partition coefficient (Wildman–Crippen LogP) is 3.97. The fraction of sp³-hybridized carbons (Fsp3) is 0.389. The molecule has 0 unspecified atom stereocenters. The number of carbonyl (C=O) groups is 1. The van der Waals surface area contributed by atoms with Crippen molar-refractivity contribution in [2.24, 2.45) is 0 Å². The third-order valence-electron chi connectivity index (χ3n) is 3.56. The molecule has 2 aromatic carbocycles. The number of ether oxygens (including phenoxy) is 2. The van der Waals surface area contributed by atoms with Crippen molar-refractivity contribution in [1.82, 2.24) is 4.90 Å². The van der Waals surface area contributed by atoms with Gasteiger partial charge < -0.3 is 14.4 Å². The summed E-state index contributed by atoms with van der Waals surface area (Å²) in [6, 6.07) is 12.3. The normalized spacial score (nSPS) is 15.0. The Bertz CT molecular complexity index is 703. The largest absolute Gasteiger partial charge is 0.491 e. The van der Waals surface area contributed by atoms with E-state index in [0.717, 1.165) is 22.1 Å². The second-order valence-electron chi connectivity index (χ2n) is 6.56. The molecule has 1 aliphatic heterocycles. The van der Waals surface area contributed by atoms with Crippen LogP contribution < -0.4 is 4.74 Å². The van der Waals surface area contributed by atoms with Crippen molar-refractivity contribution < 1.29 is 14.3 Å². The van der Waals surface area contributed by atoms with E-state index >= 15 is 0 Å². The molecule has 0 aromatic heterocycles.